The van der Waals surface area contributed by atoms with Crippen LogP contribution in [0.15, 0.2) is 40.2 Å². The maximum absolute atomic E-state index is 13.5. The first-order valence-corrected chi connectivity index (χ1v) is 11.7. The van der Waals surface area contributed by atoms with E-state index in [0.29, 0.717) is 18.2 Å². The summed E-state index contributed by atoms with van der Waals surface area (Å²) in [6.07, 6.45) is 1.43. The average molecular weight is 506 g/mol. The van der Waals surface area contributed by atoms with E-state index in [2.05, 4.69) is 28.7 Å². The summed E-state index contributed by atoms with van der Waals surface area (Å²) in [4.78, 5) is 51.3. The van der Waals surface area contributed by atoms with Gasteiger partial charge in [-0.1, -0.05) is 37.3 Å². The first kappa shape index (κ1) is 25.6. The molecule has 0 N–H and O–H groups in total. The molecule has 0 spiro atoms. The highest BCUT2D eigenvalue weighted by Crippen LogP contribution is 2.29. The van der Waals surface area contributed by atoms with E-state index in [9.17, 15) is 14.4 Å². The molecular formula is C22H28ClN7O3S. The molecule has 3 heterocycles. The molecule has 0 saturated carbocycles. The number of fused-ring (bicyclic) bond motifs is 2. The molecule has 0 saturated heterocycles. The standard InChI is InChI=1S/C22H27N7O3S.ClH/c1-5-27(6-2)11-12-29(21-24-15-9-7-8-10-16(15)33-21)17(30)13-28-14-23-19-18(28)20(31)26(4)22(32)25(19)3;/h7-10,14H,5-6,11-13H2,1-4H3;1H. The topological polar surface area (TPSA) is 98.3 Å². The van der Waals surface area contributed by atoms with Crippen LogP contribution in [0, 0.1) is 0 Å². The van der Waals surface area contributed by atoms with Crippen molar-refractivity contribution in [3.63, 3.8) is 0 Å². The number of imidazole rings is 1. The number of anilines is 1. The van der Waals surface area contributed by atoms with E-state index >= 15 is 0 Å². The molecule has 10 nitrogen and oxygen atoms in total. The molecular weight excluding hydrogens is 478 g/mol. The van der Waals surface area contributed by atoms with E-state index in [1.54, 1.807) is 11.9 Å². The zero-order valence-electron chi connectivity index (χ0n) is 19.6. The lowest BCUT2D eigenvalue weighted by Gasteiger charge is -2.25. The van der Waals surface area contributed by atoms with Gasteiger partial charge in [0.2, 0.25) is 5.91 Å². The number of likely N-dealkylation sites (N-methyl/N-ethyl adjacent to an activating group) is 1. The lowest BCUT2D eigenvalue weighted by molar-refractivity contribution is -0.119. The molecule has 1 amide bonds. The molecule has 12 heteroatoms. The van der Waals surface area contributed by atoms with Crippen molar-refractivity contribution in [1.82, 2.24) is 28.6 Å². The molecule has 0 aliphatic carbocycles. The van der Waals surface area contributed by atoms with Crippen LogP contribution in [0.1, 0.15) is 13.8 Å². The molecule has 0 radical (unpaired) electrons. The Morgan fingerprint density at radius 1 is 1.06 bits per heavy atom. The second-order valence-electron chi connectivity index (χ2n) is 7.79. The van der Waals surface area contributed by atoms with Crippen molar-refractivity contribution in [2.45, 2.75) is 20.4 Å². The molecule has 1 aromatic carbocycles. The van der Waals surface area contributed by atoms with Crippen LogP contribution < -0.4 is 16.1 Å². The summed E-state index contributed by atoms with van der Waals surface area (Å²) in [6.45, 7) is 7.04. The molecule has 4 aromatic rings. The van der Waals surface area contributed by atoms with Crippen LogP contribution in [0.5, 0.6) is 0 Å². The van der Waals surface area contributed by atoms with Crippen molar-refractivity contribution < 1.29 is 4.79 Å². The van der Waals surface area contributed by atoms with Crippen LogP contribution in [-0.4, -0.2) is 60.7 Å². The number of carbonyl (C=O) groups excluding carboxylic acids is 1. The van der Waals surface area contributed by atoms with E-state index in [0.717, 1.165) is 27.9 Å². The number of rotatable bonds is 8. The fourth-order valence-electron chi connectivity index (χ4n) is 3.83. The second kappa shape index (κ2) is 10.5. The molecule has 182 valence electrons. The minimum Gasteiger partial charge on any atom is -0.315 e. The normalized spacial score (nSPS) is 11.3. The number of thiazole rings is 1. The summed E-state index contributed by atoms with van der Waals surface area (Å²) in [5.74, 6) is -0.198. The Bertz CT molecular complexity index is 1400. The minimum absolute atomic E-state index is 0. The highest BCUT2D eigenvalue weighted by molar-refractivity contribution is 7.22. The molecule has 0 aliphatic heterocycles. The van der Waals surface area contributed by atoms with Gasteiger partial charge in [0.15, 0.2) is 16.3 Å². The lowest BCUT2D eigenvalue weighted by atomic mass is 10.3. The number of hydrogen-bond acceptors (Lipinski definition) is 7. The predicted molar refractivity (Wildman–Crippen MR) is 137 cm³/mol. The largest absolute Gasteiger partial charge is 0.332 e. The molecule has 3 aromatic heterocycles. The number of nitrogens with zero attached hydrogens (tertiary/aromatic N) is 7. The maximum Gasteiger partial charge on any atom is 0.332 e. The summed E-state index contributed by atoms with van der Waals surface area (Å²) < 4.78 is 4.85. The van der Waals surface area contributed by atoms with E-state index in [-0.39, 0.29) is 36.0 Å². The zero-order chi connectivity index (χ0) is 23.7. The van der Waals surface area contributed by atoms with Gasteiger partial charge in [0, 0.05) is 27.2 Å². The third kappa shape index (κ3) is 4.63. The number of para-hydroxylation sites is 1. The molecule has 34 heavy (non-hydrogen) atoms. The van der Waals surface area contributed by atoms with Crippen molar-refractivity contribution in [3.8, 4) is 0 Å². The second-order valence-corrected chi connectivity index (χ2v) is 8.80. The average Bonchev–Trinajstić information content (AvgIpc) is 3.43. The Hall–Kier alpha value is -3.02. The van der Waals surface area contributed by atoms with E-state index < -0.39 is 11.2 Å². The van der Waals surface area contributed by atoms with Gasteiger partial charge in [0.1, 0.15) is 6.54 Å². The predicted octanol–water partition coefficient (Wildman–Crippen LogP) is 1.84. The van der Waals surface area contributed by atoms with E-state index in [4.69, 9.17) is 0 Å². The lowest BCUT2D eigenvalue weighted by Crippen LogP contribution is -2.41. The molecule has 0 aliphatic rings. The Balaban J connectivity index is 0.00000324. The summed E-state index contributed by atoms with van der Waals surface area (Å²) >= 11 is 1.47. The van der Waals surface area contributed by atoms with Crippen molar-refractivity contribution in [1.29, 1.82) is 0 Å². The van der Waals surface area contributed by atoms with Crippen LogP contribution >= 0.6 is 23.7 Å². The number of benzene rings is 1. The van der Waals surface area contributed by atoms with Gasteiger partial charge in [0.05, 0.1) is 16.5 Å². The first-order valence-electron chi connectivity index (χ1n) is 10.8. The van der Waals surface area contributed by atoms with Gasteiger partial charge in [-0.2, -0.15) is 0 Å². The monoisotopic (exact) mass is 505 g/mol. The highest BCUT2D eigenvalue weighted by atomic mass is 35.5. The van der Waals surface area contributed by atoms with Crippen LogP contribution in [-0.2, 0) is 25.4 Å². The Kier molecular flexibility index (Phi) is 7.90. The van der Waals surface area contributed by atoms with Crippen molar-refractivity contribution in [3.05, 3.63) is 51.4 Å². The van der Waals surface area contributed by atoms with Gasteiger partial charge < -0.3 is 9.47 Å². The van der Waals surface area contributed by atoms with Crippen molar-refractivity contribution in [2.75, 3.05) is 31.1 Å². The number of aryl methyl sites for hydroxylation is 1. The van der Waals surface area contributed by atoms with E-state index in [1.165, 1.54) is 33.8 Å². The number of halogens is 1. The summed E-state index contributed by atoms with van der Waals surface area (Å²) in [5.41, 5.74) is 0.383. The van der Waals surface area contributed by atoms with Crippen LogP contribution in [0.25, 0.3) is 21.4 Å². The van der Waals surface area contributed by atoms with Gasteiger partial charge in [-0.05, 0) is 25.2 Å². The van der Waals surface area contributed by atoms with Crippen LogP contribution in [0.3, 0.4) is 0 Å². The Morgan fingerprint density at radius 2 is 1.76 bits per heavy atom. The van der Waals surface area contributed by atoms with E-state index in [1.807, 2.05) is 24.3 Å². The number of hydrogen-bond donors (Lipinski definition) is 0. The van der Waals surface area contributed by atoms with Crippen LogP contribution in [0.2, 0.25) is 0 Å². The fraction of sp³-hybridized carbons (Fsp3) is 0.409. The van der Waals surface area contributed by atoms with Crippen molar-refractivity contribution in [2.24, 2.45) is 14.1 Å². The SMILES string of the molecule is CCN(CC)CCN(C(=O)Cn1cnc2c1c(=O)n(C)c(=O)n2C)c1nc2ccccc2s1.Cl. The molecule has 0 fully saturated rings. The maximum atomic E-state index is 13.5. The first-order chi connectivity index (χ1) is 15.8. The Morgan fingerprint density at radius 3 is 2.44 bits per heavy atom. The molecule has 0 unspecified atom stereocenters. The van der Waals surface area contributed by atoms with Gasteiger partial charge in [-0.3, -0.25) is 23.6 Å². The summed E-state index contributed by atoms with van der Waals surface area (Å²) in [5, 5.41) is 0.623. The summed E-state index contributed by atoms with van der Waals surface area (Å²) in [6, 6.07) is 7.78. The summed E-state index contributed by atoms with van der Waals surface area (Å²) in [7, 11) is 2.97. The molecule has 4 rings (SSSR count). The fourth-order valence-corrected chi connectivity index (χ4v) is 4.84. The highest BCUT2D eigenvalue weighted by Gasteiger charge is 2.23. The van der Waals surface area contributed by atoms with Gasteiger partial charge in [0.25, 0.3) is 5.56 Å². The third-order valence-corrected chi connectivity index (χ3v) is 6.93. The van der Waals surface area contributed by atoms with Gasteiger partial charge >= 0.3 is 5.69 Å². The minimum atomic E-state index is -0.479. The Labute approximate surface area is 206 Å². The quantitative estimate of drug-likeness (QED) is 0.362. The number of amides is 1. The third-order valence-electron chi connectivity index (χ3n) is 5.87. The molecule has 0 bridgehead atoms. The van der Waals surface area contributed by atoms with Crippen LogP contribution in [0.4, 0.5) is 5.13 Å². The van der Waals surface area contributed by atoms with Gasteiger partial charge in [-0.25, -0.2) is 14.8 Å². The van der Waals surface area contributed by atoms with Gasteiger partial charge in [-0.15, -0.1) is 12.4 Å². The smallest absolute Gasteiger partial charge is 0.315 e. The molecule has 0 atom stereocenters. The number of aromatic nitrogens is 5. The zero-order valence-corrected chi connectivity index (χ0v) is 21.2. The number of carbonyl (C=O) groups is 1. The van der Waals surface area contributed by atoms with Crippen molar-refractivity contribution >= 4 is 56.2 Å².